The third-order valence-electron chi connectivity index (χ3n) is 3.74. The van der Waals surface area contributed by atoms with Gasteiger partial charge in [-0.25, -0.2) is 9.98 Å². The fourth-order valence-electron chi connectivity index (χ4n) is 2.56. The van der Waals surface area contributed by atoms with Crippen LogP contribution in [0.25, 0.3) is 23.8 Å². The van der Waals surface area contributed by atoms with Crippen LogP contribution in [0.5, 0.6) is 0 Å². The topological polar surface area (TPSA) is 79.5 Å². The highest BCUT2D eigenvalue weighted by molar-refractivity contribution is 5.63. The lowest BCUT2D eigenvalue weighted by molar-refractivity contribution is 0.0626. The number of aromatic amines is 1. The zero-order valence-electron chi connectivity index (χ0n) is 13.2. The maximum Gasteiger partial charge on any atom is 0.156 e. The molecule has 1 aromatic heterocycles. The third-order valence-corrected chi connectivity index (χ3v) is 3.74. The maximum atomic E-state index is 5.74. The number of H-pyrrole nitrogens is 1. The number of anilines is 1. The first-order chi connectivity index (χ1) is 11.2. The lowest BCUT2D eigenvalue weighted by atomic mass is 10.2. The second-order valence-corrected chi connectivity index (χ2v) is 5.34. The Morgan fingerprint density at radius 1 is 1.35 bits per heavy atom. The SMILES string of the molecule is C=c1[nH]c(-c2ccc(N)cc2)n/c1=C(/N=C\C)N1CCOCC1. The fourth-order valence-corrected chi connectivity index (χ4v) is 2.56. The van der Waals surface area contributed by atoms with Crippen molar-refractivity contribution in [2.45, 2.75) is 6.92 Å². The number of aromatic nitrogens is 2. The van der Waals surface area contributed by atoms with Gasteiger partial charge >= 0.3 is 0 Å². The van der Waals surface area contributed by atoms with E-state index in [9.17, 15) is 0 Å². The quantitative estimate of drug-likeness (QED) is 0.641. The van der Waals surface area contributed by atoms with Gasteiger partial charge in [0.15, 0.2) is 5.82 Å². The predicted octanol–water partition coefficient (Wildman–Crippen LogP) is 0.558. The molecule has 6 nitrogen and oxygen atoms in total. The van der Waals surface area contributed by atoms with E-state index in [1.54, 1.807) is 6.21 Å². The lowest BCUT2D eigenvalue weighted by Gasteiger charge is -2.28. The van der Waals surface area contributed by atoms with Gasteiger partial charge in [0.25, 0.3) is 0 Å². The molecule has 0 unspecified atom stereocenters. The highest BCUT2D eigenvalue weighted by Gasteiger charge is 2.15. The highest BCUT2D eigenvalue weighted by Crippen LogP contribution is 2.15. The predicted molar refractivity (Wildman–Crippen MR) is 93.2 cm³/mol. The minimum atomic E-state index is 0.699. The number of morpholine rings is 1. The Balaban J connectivity index is 2.09. The molecule has 6 heteroatoms. The molecule has 0 amide bonds. The van der Waals surface area contributed by atoms with E-state index in [4.69, 9.17) is 15.5 Å². The van der Waals surface area contributed by atoms with Crippen molar-refractivity contribution in [1.29, 1.82) is 0 Å². The van der Waals surface area contributed by atoms with E-state index < -0.39 is 0 Å². The standard InChI is InChI=1S/C17H21N5O/c1-3-19-17(22-8-10-23-11-9-22)15-12(2)20-16(21-15)13-4-6-14(18)7-5-13/h3-7H,2,8-11,18H2,1H3,(H,20,21)/b17-15-,19-3-. The van der Waals surface area contributed by atoms with Gasteiger partial charge in [0.05, 0.1) is 18.6 Å². The molecule has 2 heterocycles. The van der Waals surface area contributed by atoms with E-state index in [-0.39, 0.29) is 0 Å². The number of benzene rings is 1. The van der Waals surface area contributed by atoms with Crippen molar-refractivity contribution in [3.63, 3.8) is 0 Å². The van der Waals surface area contributed by atoms with Crippen molar-refractivity contribution < 1.29 is 4.74 Å². The highest BCUT2D eigenvalue weighted by atomic mass is 16.5. The molecule has 0 radical (unpaired) electrons. The summed E-state index contributed by atoms with van der Waals surface area (Å²) >= 11 is 0. The Morgan fingerprint density at radius 2 is 2.04 bits per heavy atom. The Labute approximate surface area is 135 Å². The van der Waals surface area contributed by atoms with Crippen LogP contribution >= 0.6 is 0 Å². The molecule has 0 saturated carbocycles. The summed E-state index contributed by atoms with van der Waals surface area (Å²) in [6.45, 7) is 8.99. The number of rotatable bonds is 3. The summed E-state index contributed by atoms with van der Waals surface area (Å²) in [5.74, 6) is 1.60. The molecule has 0 atom stereocenters. The minimum Gasteiger partial charge on any atom is -0.399 e. The molecule has 0 bridgehead atoms. The molecule has 1 fully saturated rings. The molecule has 120 valence electrons. The zero-order chi connectivity index (χ0) is 16.2. The second-order valence-electron chi connectivity index (χ2n) is 5.34. The van der Waals surface area contributed by atoms with Gasteiger partial charge in [-0.05, 0) is 31.2 Å². The van der Waals surface area contributed by atoms with E-state index in [1.807, 2.05) is 31.2 Å². The van der Waals surface area contributed by atoms with E-state index in [0.717, 1.165) is 46.7 Å². The van der Waals surface area contributed by atoms with E-state index in [0.29, 0.717) is 13.2 Å². The Hall–Kier alpha value is -2.60. The second kappa shape index (κ2) is 6.66. The van der Waals surface area contributed by atoms with Gasteiger partial charge in [-0.3, -0.25) is 0 Å². The third kappa shape index (κ3) is 3.27. The van der Waals surface area contributed by atoms with E-state index >= 15 is 0 Å². The van der Waals surface area contributed by atoms with Gasteiger partial charge in [0, 0.05) is 30.6 Å². The van der Waals surface area contributed by atoms with Gasteiger partial charge in [-0.2, -0.15) is 0 Å². The molecule has 1 saturated heterocycles. The minimum absolute atomic E-state index is 0.699. The van der Waals surface area contributed by atoms with Crippen molar-refractivity contribution >= 4 is 24.3 Å². The Bertz CT molecular complexity index is 800. The summed E-state index contributed by atoms with van der Waals surface area (Å²) in [5.41, 5.74) is 7.44. The number of imidazole rings is 1. The zero-order valence-corrected chi connectivity index (χ0v) is 13.2. The van der Waals surface area contributed by atoms with Gasteiger partial charge in [-0.15, -0.1) is 0 Å². The number of ether oxygens (including phenoxy) is 1. The molecular formula is C17H21N5O. The summed E-state index contributed by atoms with van der Waals surface area (Å²) in [6, 6.07) is 7.60. The van der Waals surface area contributed by atoms with Crippen molar-refractivity contribution in [1.82, 2.24) is 14.9 Å². The number of aliphatic imine (C=N–C) groups is 1. The molecule has 3 rings (SSSR count). The molecular weight excluding hydrogens is 290 g/mol. The first-order valence-corrected chi connectivity index (χ1v) is 7.65. The summed E-state index contributed by atoms with van der Waals surface area (Å²) in [7, 11) is 0. The fraction of sp³-hybridized carbons (Fsp3) is 0.294. The summed E-state index contributed by atoms with van der Waals surface area (Å²) < 4.78 is 5.42. The number of hydrogen-bond acceptors (Lipinski definition) is 5. The van der Waals surface area contributed by atoms with Crippen LogP contribution in [0, 0.1) is 0 Å². The van der Waals surface area contributed by atoms with Crippen molar-refractivity contribution in [3.05, 3.63) is 35.0 Å². The molecule has 1 aliphatic heterocycles. The lowest BCUT2D eigenvalue weighted by Crippen LogP contribution is -2.40. The average molecular weight is 311 g/mol. The van der Waals surface area contributed by atoms with Crippen LogP contribution in [0.2, 0.25) is 0 Å². The molecule has 3 N–H and O–H groups in total. The number of nitrogens with two attached hydrogens (primary N) is 1. The van der Waals surface area contributed by atoms with Crippen LogP contribution in [-0.2, 0) is 4.74 Å². The van der Waals surface area contributed by atoms with Gasteiger partial charge in [-0.1, -0.05) is 6.58 Å². The Morgan fingerprint density at radius 3 is 2.70 bits per heavy atom. The van der Waals surface area contributed by atoms with E-state index in [2.05, 4.69) is 21.5 Å². The van der Waals surface area contributed by atoms with Crippen LogP contribution < -0.4 is 16.4 Å². The molecule has 0 spiro atoms. The van der Waals surface area contributed by atoms with E-state index in [1.165, 1.54) is 0 Å². The van der Waals surface area contributed by atoms with Gasteiger partial charge in [0.2, 0.25) is 0 Å². The van der Waals surface area contributed by atoms with Crippen molar-refractivity contribution in [2.75, 3.05) is 32.0 Å². The summed E-state index contributed by atoms with van der Waals surface area (Å²) in [6.07, 6.45) is 1.78. The number of nitrogen functional groups attached to an aromatic ring is 1. The van der Waals surface area contributed by atoms with Crippen LogP contribution in [-0.4, -0.2) is 47.4 Å². The molecule has 0 aliphatic carbocycles. The monoisotopic (exact) mass is 311 g/mol. The van der Waals surface area contributed by atoms with Crippen LogP contribution in [0.4, 0.5) is 5.69 Å². The van der Waals surface area contributed by atoms with Crippen LogP contribution in [0.3, 0.4) is 0 Å². The molecule has 1 aliphatic rings. The van der Waals surface area contributed by atoms with Crippen molar-refractivity contribution in [3.8, 4) is 11.4 Å². The number of nitrogens with zero attached hydrogens (tertiary/aromatic N) is 3. The molecule has 1 aromatic carbocycles. The number of hydrogen-bond donors (Lipinski definition) is 2. The summed E-state index contributed by atoms with van der Waals surface area (Å²) in [5, 5.41) is 1.53. The van der Waals surface area contributed by atoms with Crippen LogP contribution in [0.15, 0.2) is 29.3 Å². The molecule has 23 heavy (non-hydrogen) atoms. The first kappa shape index (κ1) is 15.3. The Kier molecular flexibility index (Phi) is 4.43. The van der Waals surface area contributed by atoms with Gasteiger partial charge < -0.3 is 20.4 Å². The van der Waals surface area contributed by atoms with Gasteiger partial charge in [0.1, 0.15) is 11.2 Å². The normalized spacial score (nSPS) is 16.8. The van der Waals surface area contributed by atoms with Crippen molar-refractivity contribution in [2.24, 2.45) is 4.99 Å². The smallest absolute Gasteiger partial charge is 0.156 e. The number of nitrogens with one attached hydrogen (secondary N) is 1. The molecule has 2 aromatic rings. The maximum absolute atomic E-state index is 5.74. The first-order valence-electron chi connectivity index (χ1n) is 7.65. The largest absolute Gasteiger partial charge is 0.399 e. The summed E-state index contributed by atoms with van der Waals surface area (Å²) in [4.78, 5) is 14.7. The average Bonchev–Trinajstić information content (AvgIpc) is 2.95. The van der Waals surface area contributed by atoms with Crippen LogP contribution in [0.1, 0.15) is 6.92 Å².